The molecule has 1 fully saturated rings. The predicted molar refractivity (Wildman–Crippen MR) is 82.8 cm³/mol. The van der Waals surface area contributed by atoms with Crippen LogP contribution in [0.2, 0.25) is 0 Å². The van der Waals surface area contributed by atoms with Crippen LogP contribution in [0.4, 0.5) is 0 Å². The van der Waals surface area contributed by atoms with Gasteiger partial charge in [0.25, 0.3) is 5.22 Å². The van der Waals surface area contributed by atoms with Gasteiger partial charge in [-0.25, -0.2) is 0 Å². The van der Waals surface area contributed by atoms with Gasteiger partial charge in [0.15, 0.2) is 0 Å². The maximum Gasteiger partial charge on any atom is 0.276 e. The number of hydrogen-bond donors (Lipinski definition) is 0. The Bertz CT molecular complexity index is 538. The molecule has 5 heteroatoms. The molecule has 0 spiro atoms. The maximum absolute atomic E-state index is 5.76. The lowest BCUT2D eigenvalue weighted by molar-refractivity contribution is 0.331. The molecule has 112 valence electrons. The number of para-hydroxylation sites is 1. The lowest BCUT2D eigenvalue weighted by Gasteiger charge is -2.17. The van der Waals surface area contributed by atoms with E-state index >= 15 is 0 Å². The monoisotopic (exact) mass is 304 g/mol. The van der Waals surface area contributed by atoms with Gasteiger partial charge in [-0.3, -0.25) is 0 Å². The molecule has 1 heterocycles. The minimum Gasteiger partial charge on any atom is -0.493 e. The summed E-state index contributed by atoms with van der Waals surface area (Å²) >= 11 is 1.56. The summed E-state index contributed by atoms with van der Waals surface area (Å²) in [5.41, 5.74) is 0. The highest BCUT2D eigenvalue weighted by molar-refractivity contribution is 7.99. The molecule has 0 radical (unpaired) electrons. The maximum atomic E-state index is 5.76. The lowest BCUT2D eigenvalue weighted by atomic mass is 9.89. The Hall–Kier alpha value is -1.49. The molecule has 0 aliphatic heterocycles. The van der Waals surface area contributed by atoms with Crippen LogP contribution in [0.1, 0.15) is 43.9 Å². The van der Waals surface area contributed by atoms with Crippen LogP contribution < -0.4 is 4.74 Å². The molecule has 1 aliphatic carbocycles. The first-order valence-corrected chi connectivity index (χ1v) is 8.54. The fraction of sp³-hybridized carbons (Fsp3) is 0.500. The van der Waals surface area contributed by atoms with Crippen LogP contribution in [0, 0.1) is 0 Å². The van der Waals surface area contributed by atoms with Crippen LogP contribution in [0.3, 0.4) is 0 Å². The molecule has 0 atom stereocenters. The third-order valence-electron chi connectivity index (χ3n) is 3.70. The summed E-state index contributed by atoms with van der Waals surface area (Å²) in [6.45, 7) is 0.635. The minimum absolute atomic E-state index is 0.473. The largest absolute Gasteiger partial charge is 0.493 e. The molecule has 4 nitrogen and oxygen atoms in total. The smallest absolute Gasteiger partial charge is 0.276 e. The molecule has 1 aliphatic rings. The Labute approximate surface area is 129 Å². The highest BCUT2D eigenvalue weighted by Crippen LogP contribution is 2.32. The Balaban J connectivity index is 1.42. The lowest BCUT2D eigenvalue weighted by Crippen LogP contribution is -2.04. The predicted octanol–water partition coefficient (Wildman–Crippen LogP) is 4.29. The molecule has 21 heavy (non-hydrogen) atoms. The molecule has 0 N–H and O–H groups in total. The van der Waals surface area contributed by atoms with Gasteiger partial charge in [0, 0.05) is 11.7 Å². The van der Waals surface area contributed by atoms with Crippen molar-refractivity contribution in [2.24, 2.45) is 0 Å². The van der Waals surface area contributed by atoms with E-state index in [4.69, 9.17) is 9.15 Å². The molecule has 1 aromatic carbocycles. The van der Waals surface area contributed by atoms with Gasteiger partial charge in [-0.05, 0) is 25.0 Å². The first-order valence-electron chi connectivity index (χ1n) is 7.56. The Morgan fingerprint density at radius 1 is 1.10 bits per heavy atom. The molecule has 1 aromatic heterocycles. The minimum atomic E-state index is 0.473. The normalized spacial score (nSPS) is 16.0. The summed E-state index contributed by atoms with van der Waals surface area (Å²) in [6.07, 6.45) is 6.26. The van der Waals surface area contributed by atoms with Gasteiger partial charge in [-0.1, -0.05) is 49.2 Å². The highest BCUT2D eigenvalue weighted by atomic mass is 32.2. The molecule has 3 rings (SSSR count). The Morgan fingerprint density at radius 3 is 2.71 bits per heavy atom. The van der Waals surface area contributed by atoms with E-state index < -0.39 is 0 Å². The Morgan fingerprint density at radius 2 is 1.90 bits per heavy atom. The van der Waals surface area contributed by atoms with E-state index in [1.54, 1.807) is 11.8 Å². The number of rotatable bonds is 6. The third kappa shape index (κ3) is 4.24. The Kier molecular flexibility index (Phi) is 5.16. The van der Waals surface area contributed by atoms with Gasteiger partial charge in [-0.2, -0.15) is 0 Å². The number of aromatic nitrogens is 2. The van der Waals surface area contributed by atoms with Crippen LogP contribution in [0.15, 0.2) is 40.0 Å². The van der Waals surface area contributed by atoms with E-state index in [0.29, 0.717) is 17.7 Å². The van der Waals surface area contributed by atoms with Crippen molar-refractivity contribution in [2.45, 2.75) is 43.2 Å². The summed E-state index contributed by atoms with van der Waals surface area (Å²) in [4.78, 5) is 0. The number of nitrogens with zero attached hydrogens (tertiary/aromatic N) is 2. The molecular formula is C16H20N2O2S. The molecule has 1 saturated carbocycles. The molecule has 0 unspecified atom stereocenters. The topological polar surface area (TPSA) is 48.2 Å². The van der Waals surface area contributed by atoms with Crippen LogP contribution in [-0.4, -0.2) is 22.6 Å². The fourth-order valence-electron chi connectivity index (χ4n) is 2.60. The van der Waals surface area contributed by atoms with E-state index in [0.717, 1.165) is 17.4 Å². The van der Waals surface area contributed by atoms with Crippen LogP contribution in [0.25, 0.3) is 0 Å². The second-order valence-corrected chi connectivity index (χ2v) is 6.30. The first kappa shape index (κ1) is 14.4. The first-order chi connectivity index (χ1) is 10.4. The van der Waals surface area contributed by atoms with Crippen LogP contribution in [0.5, 0.6) is 5.75 Å². The van der Waals surface area contributed by atoms with Gasteiger partial charge in [-0.15, -0.1) is 10.2 Å². The average molecular weight is 304 g/mol. The zero-order valence-corrected chi connectivity index (χ0v) is 12.8. The van der Waals surface area contributed by atoms with Crippen molar-refractivity contribution >= 4 is 11.8 Å². The number of hydrogen-bond acceptors (Lipinski definition) is 5. The van der Waals surface area contributed by atoms with Crippen molar-refractivity contribution in [3.63, 3.8) is 0 Å². The summed E-state index contributed by atoms with van der Waals surface area (Å²) in [5.74, 6) is 3.00. The van der Waals surface area contributed by atoms with Crippen LogP contribution in [-0.2, 0) is 0 Å². The molecule has 0 bridgehead atoms. The number of thioether (sulfide) groups is 1. The fourth-order valence-corrected chi connectivity index (χ4v) is 3.18. The second-order valence-electron chi connectivity index (χ2n) is 5.25. The van der Waals surface area contributed by atoms with Crippen LogP contribution >= 0.6 is 11.8 Å². The van der Waals surface area contributed by atoms with Crippen molar-refractivity contribution in [3.8, 4) is 5.75 Å². The van der Waals surface area contributed by atoms with Gasteiger partial charge < -0.3 is 9.15 Å². The summed E-state index contributed by atoms with van der Waals surface area (Å²) in [7, 11) is 0. The van der Waals surface area contributed by atoms with E-state index in [9.17, 15) is 0 Å². The molecular weight excluding hydrogens is 284 g/mol. The van der Waals surface area contributed by atoms with Gasteiger partial charge in [0.1, 0.15) is 5.75 Å². The average Bonchev–Trinajstić information content (AvgIpc) is 3.02. The summed E-state index contributed by atoms with van der Waals surface area (Å²) in [6, 6.07) is 9.83. The van der Waals surface area contributed by atoms with Crippen molar-refractivity contribution in [3.05, 3.63) is 36.2 Å². The standard InChI is InChI=1S/C16H20N2O2S/c1-3-7-13(8-4-1)15-17-18-16(20-15)21-12-11-19-14-9-5-2-6-10-14/h2,5-6,9-10,13H,1,3-4,7-8,11-12H2. The number of benzene rings is 1. The third-order valence-corrected chi connectivity index (χ3v) is 4.48. The van der Waals surface area contributed by atoms with Gasteiger partial charge in [0.05, 0.1) is 6.61 Å². The quantitative estimate of drug-likeness (QED) is 0.588. The molecule has 2 aromatic rings. The zero-order valence-electron chi connectivity index (χ0n) is 12.0. The zero-order chi connectivity index (χ0) is 14.3. The van der Waals surface area contributed by atoms with Gasteiger partial charge in [0.2, 0.25) is 5.89 Å². The summed E-state index contributed by atoms with van der Waals surface area (Å²) < 4.78 is 11.4. The highest BCUT2D eigenvalue weighted by Gasteiger charge is 2.21. The van der Waals surface area contributed by atoms with Gasteiger partial charge >= 0.3 is 0 Å². The SMILES string of the molecule is c1ccc(OCCSc2nnc(C3CCCCC3)o2)cc1. The van der Waals surface area contributed by atoms with E-state index in [2.05, 4.69) is 10.2 Å². The van der Waals surface area contributed by atoms with E-state index in [-0.39, 0.29) is 0 Å². The van der Waals surface area contributed by atoms with Crippen molar-refractivity contribution in [2.75, 3.05) is 12.4 Å². The van der Waals surface area contributed by atoms with Crippen molar-refractivity contribution < 1.29 is 9.15 Å². The summed E-state index contributed by atoms with van der Waals surface area (Å²) in [5, 5.41) is 8.98. The molecule has 0 saturated heterocycles. The van der Waals surface area contributed by atoms with Crippen molar-refractivity contribution in [1.29, 1.82) is 0 Å². The molecule has 0 amide bonds. The van der Waals surface area contributed by atoms with E-state index in [1.165, 1.54) is 32.1 Å². The second kappa shape index (κ2) is 7.50. The van der Waals surface area contributed by atoms with E-state index in [1.807, 2.05) is 30.3 Å². The number of ether oxygens (including phenoxy) is 1. The van der Waals surface area contributed by atoms with Crippen molar-refractivity contribution in [1.82, 2.24) is 10.2 Å².